The molecule has 2 fully saturated rings. The first-order chi connectivity index (χ1) is 13.6. The van der Waals surface area contributed by atoms with E-state index in [2.05, 4.69) is 14.9 Å². The molecule has 28 heavy (non-hydrogen) atoms. The van der Waals surface area contributed by atoms with Crippen molar-refractivity contribution in [1.82, 2.24) is 14.9 Å². The lowest BCUT2D eigenvalue weighted by Crippen LogP contribution is -2.31. The number of likely N-dealkylation sites (tertiary alicyclic amines) is 1. The van der Waals surface area contributed by atoms with Crippen molar-refractivity contribution in [2.75, 3.05) is 31.1 Å². The zero-order valence-corrected chi connectivity index (χ0v) is 16.1. The van der Waals surface area contributed by atoms with Gasteiger partial charge in [-0.2, -0.15) is 0 Å². The zero-order chi connectivity index (χ0) is 19.5. The predicted octanol–water partition coefficient (Wildman–Crippen LogP) is 3.87. The number of furan rings is 1. The lowest BCUT2D eigenvalue weighted by atomic mass is 10.1. The van der Waals surface area contributed by atoms with Crippen LogP contribution in [-0.2, 0) is 0 Å². The largest absolute Gasteiger partial charge is 0.463 e. The molecule has 0 saturated carbocycles. The molecule has 8 heteroatoms. The first-order valence-corrected chi connectivity index (χ1v) is 9.92. The average molecular weight is 383 g/mol. The van der Waals surface area contributed by atoms with Crippen molar-refractivity contribution < 1.29 is 9.34 Å². The maximum absolute atomic E-state index is 12.0. The van der Waals surface area contributed by atoms with E-state index in [-0.39, 0.29) is 10.6 Å². The summed E-state index contributed by atoms with van der Waals surface area (Å²) < 4.78 is 5.62. The van der Waals surface area contributed by atoms with Crippen molar-refractivity contribution in [3.63, 3.8) is 0 Å². The van der Waals surface area contributed by atoms with Crippen LogP contribution in [-0.4, -0.2) is 46.0 Å². The minimum atomic E-state index is -0.348. The monoisotopic (exact) mass is 383 g/mol. The van der Waals surface area contributed by atoms with E-state index in [1.807, 2.05) is 17.0 Å². The molecule has 0 aliphatic carbocycles. The highest BCUT2D eigenvalue weighted by Crippen LogP contribution is 2.34. The molecule has 2 aliphatic heterocycles. The van der Waals surface area contributed by atoms with E-state index < -0.39 is 0 Å². The Morgan fingerprint density at radius 2 is 1.86 bits per heavy atom. The summed E-state index contributed by atoms with van der Waals surface area (Å²) >= 11 is 0. The van der Waals surface area contributed by atoms with Gasteiger partial charge in [-0.3, -0.25) is 10.1 Å². The van der Waals surface area contributed by atoms with E-state index in [1.54, 1.807) is 19.3 Å². The van der Waals surface area contributed by atoms with Crippen molar-refractivity contribution in [2.24, 2.45) is 0 Å². The summed E-state index contributed by atoms with van der Waals surface area (Å²) in [4.78, 5) is 24.8. The van der Waals surface area contributed by atoms with Gasteiger partial charge in [0, 0.05) is 26.2 Å². The SMILES string of the molecule is Cc1nc(/C=C(/c2ccco2)N2CCCC2)c([N+](=O)[O-])c(N2CCCCC2)n1. The van der Waals surface area contributed by atoms with Gasteiger partial charge in [-0.15, -0.1) is 0 Å². The van der Waals surface area contributed by atoms with Crippen LogP contribution in [0.5, 0.6) is 0 Å². The molecule has 2 aromatic rings. The molecule has 2 aliphatic rings. The average Bonchev–Trinajstić information content (AvgIpc) is 3.40. The van der Waals surface area contributed by atoms with Crippen LogP contribution in [0.4, 0.5) is 11.5 Å². The lowest BCUT2D eigenvalue weighted by molar-refractivity contribution is -0.384. The minimum absolute atomic E-state index is 0.0178. The fraction of sp³-hybridized carbons (Fsp3) is 0.500. The van der Waals surface area contributed by atoms with Crippen LogP contribution in [0.1, 0.15) is 49.4 Å². The van der Waals surface area contributed by atoms with Gasteiger partial charge in [-0.1, -0.05) is 0 Å². The van der Waals surface area contributed by atoms with Crippen LogP contribution < -0.4 is 4.90 Å². The normalized spacial score (nSPS) is 18.0. The van der Waals surface area contributed by atoms with Gasteiger partial charge in [0.1, 0.15) is 17.3 Å². The van der Waals surface area contributed by atoms with E-state index in [1.165, 1.54) is 0 Å². The van der Waals surface area contributed by atoms with Crippen molar-refractivity contribution in [3.8, 4) is 0 Å². The maximum atomic E-state index is 12.0. The summed E-state index contributed by atoms with van der Waals surface area (Å²) in [7, 11) is 0. The molecule has 0 N–H and O–H groups in total. The Morgan fingerprint density at radius 3 is 2.50 bits per heavy atom. The predicted molar refractivity (Wildman–Crippen MR) is 107 cm³/mol. The number of aryl methyl sites for hydroxylation is 1. The summed E-state index contributed by atoms with van der Waals surface area (Å²) in [6, 6.07) is 3.72. The van der Waals surface area contributed by atoms with Gasteiger partial charge in [-0.25, -0.2) is 9.97 Å². The second kappa shape index (κ2) is 8.00. The fourth-order valence-corrected chi connectivity index (χ4v) is 4.01. The van der Waals surface area contributed by atoms with Gasteiger partial charge in [0.2, 0.25) is 5.82 Å². The molecule has 0 unspecified atom stereocenters. The number of aromatic nitrogens is 2. The number of rotatable bonds is 5. The van der Waals surface area contributed by atoms with Crippen LogP contribution in [0, 0.1) is 17.0 Å². The Kier molecular flexibility index (Phi) is 5.27. The van der Waals surface area contributed by atoms with E-state index in [0.29, 0.717) is 23.1 Å². The second-order valence-corrected chi connectivity index (χ2v) is 7.33. The number of hydrogen-bond acceptors (Lipinski definition) is 7. The molecule has 0 amide bonds. The smallest absolute Gasteiger partial charge is 0.337 e. The third-order valence-corrected chi connectivity index (χ3v) is 5.34. The van der Waals surface area contributed by atoms with Crippen molar-refractivity contribution in [2.45, 2.75) is 39.0 Å². The van der Waals surface area contributed by atoms with Crippen LogP contribution >= 0.6 is 0 Å². The Balaban J connectivity index is 1.84. The summed E-state index contributed by atoms with van der Waals surface area (Å²) in [5.74, 6) is 1.67. The van der Waals surface area contributed by atoms with Gasteiger partial charge in [0.25, 0.3) is 0 Å². The van der Waals surface area contributed by atoms with Gasteiger partial charge >= 0.3 is 5.69 Å². The highest BCUT2D eigenvalue weighted by atomic mass is 16.6. The third kappa shape index (κ3) is 3.72. The minimum Gasteiger partial charge on any atom is -0.463 e. The zero-order valence-electron chi connectivity index (χ0n) is 16.1. The maximum Gasteiger partial charge on any atom is 0.337 e. The number of hydrogen-bond donors (Lipinski definition) is 0. The molecule has 2 saturated heterocycles. The van der Waals surface area contributed by atoms with Crippen LogP contribution in [0.2, 0.25) is 0 Å². The van der Waals surface area contributed by atoms with Gasteiger partial charge in [0.15, 0.2) is 0 Å². The topological polar surface area (TPSA) is 88.5 Å². The quantitative estimate of drug-likeness (QED) is 0.572. The van der Waals surface area contributed by atoms with E-state index >= 15 is 0 Å². The van der Waals surface area contributed by atoms with Crippen molar-refractivity contribution in [1.29, 1.82) is 0 Å². The Morgan fingerprint density at radius 1 is 1.14 bits per heavy atom. The van der Waals surface area contributed by atoms with Crippen molar-refractivity contribution >= 4 is 23.3 Å². The summed E-state index contributed by atoms with van der Waals surface area (Å²) in [6.07, 6.45) is 8.82. The molecular weight excluding hydrogens is 358 g/mol. The van der Waals surface area contributed by atoms with Gasteiger partial charge < -0.3 is 14.2 Å². The van der Waals surface area contributed by atoms with Crippen molar-refractivity contribution in [3.05, 3.63) is 45.8 Å². The number of nitrogens with zero attached hydrogens (tertiary/aromatic N) is 5. The second-order valence-electron chi connectivity index (χ2n) is 7.33. The highest BCUT2D eigenvalue weighted by molar-refractivity contribution is 5.82. The van der Waals surface area contributed by atoms with E-state index in [4.69, 9.17) is 4.42 Å². The Bertz CT molecular complexity index is 866. The molecule has 8 nitrogen and oxygen atoms in total. The summed E-state index contributed by atoms with van der Waals surface area (Å²) in [6.45, 7) is 5.18. The fourth-order valence-electron chi connectivity index (χ4n) is 4.01. The molecule has 0 spiro atoms. The van der Waals surface area contributed by atoms with Crippen LogP contribution in [0.15, 0.2) is 22.8 Å². The molecule has 0 atom stereocenters. The first-order valence-electron chi connectivity index (χ1n) is 9.92. The van der Waals surface area contributed by atoms with Crippen LogP contribution in [0.25, 0.3) is 11.8 Å². The summed E-state index contributed by atoms with van der Waals surface area (Å²) in [5.41, 5.74) is 1.17. The molecule has 4 heterocycles. The molecule has 0 radical (unpaired) electrons. The molecule has 4 rings (SSSR count). The molecular formula is C20H25N5O3. The Labute approximate surface area is 164 Å². The van der Waals surface area contributed by atoms with Gasteiger partial charge in [0.05, 0.1) is 16.9 Å². The number of piperidine rings is 1. The summed E-state index contributed by atoms with van der Waals surface area (Å²) in [5, 5.41) is 12.0. The first kappa shape index (κ1) is 18.5. The molecule has 0 aromatic carbocycles. The Hall–Kier alpha value is -2.90. The number of nitro groups is 1. The van der Waals surface area contributed by atoms with E-state index in [9.17, 15) is 10.1 Å². The third-order valence-electron chi connectivity index (χ3n) is 5.34. The molecule has 148 valence electrons. The molecule has 2 aromatic heterocycles. The molecule has 0 bridgehead atoms. The number of anilines is 1. The standard InChI is InChI=1S/C20H25N5O3/c1-15-21-16(14-17(18-8-7-13-28-18)23-9-5-6-10-23)19(25(26)27)20(22-15)24-11-3-2-4-12-24/h7-8,13-14H,2-6,9-12H2,1H3/b17-14-. The highest BCUT2D eigenvalue weighted by Gasteiger charge is 2.29. The van der Waals surface area contributed by atoms with Crippen LogP contribution in [0.3, 0.4) is 0 Å². The van der Waals surface area contributed by atoms with E-state index in [0.717, 1.165) is 64.0 Å². The van der Waals surface area contributed by atoms with Gasteiger partial charge in [-0.05, 0) is 57.2 Å². The lowest BCUT2D eigenvalue weighted by Gasteiger charge is -2.27.